The van der Waals surface area contributed by atoms with Gasteiger partial charge >= 0.3 is 0 Å². The van der Waals surface area contributed by atoms with Crippen molar-refractivity contribution in [2.45, 2.75) is 49.8 Å². The Morgan fingerprint density at radius 1 is 0.900 bits per heavy atom. The SMILES string of the molecule is ClP(C1CCCC1)C1CC1. The van der Waals surface area contributed by atoms with Gasteiger partial charge in [-0.15, -0.1) is 0 Å². The fraction of sp³-hybridized carbons (Fsp3) is 1.00. The van der Waals surface area contributed by atoms with E-state index in [1.54, 1.807) is 0 Å². The minimum Gasteiger partial charge on any atom is -0.0958 e. The van der Waals surface area contributed by atoms with Gasteiger partial charge in [-0.1, -0.05) is 24.1 Å². The van der Waals surface area contributed by atoms with Crippen molar-refractivity contribution < 1.29 is 0 Å². The monoisotopic (exact) mass is 176 g/mol. The fourth-order valence-electron chi connectivity index (χ4n) is 1.77. The predicted octanol–water partition coefficient (Wildman–Crippen LogP) is 3.73. The Bertz CT molecular complexity index is 116. The van der Waals surface area contributed by atoms with Crippen LogP contribution < -0.4 is 0 Å². The molecule has 2 heteroatoms. The maximum Gasteiger partial charge on any atom is -0.00339 e. The van der Waals surface area contributed by atoms with Crippen LogP contribution in [0.3, 0.4) is 0 Å². The first-order valence-electron chi connectivity index (χ1n) is 4.32. The van der Waals surface area contributed by atoms with Crippen molar-refractivity contribution in [3.8, 4) is 0 Å². The van der Waals surface area contributed by atoms with Crippen LogP contribution in [0.1, 0.15) is 38.5 Å². The topological polar surface area (TPSA) is 0 Å². The van der Waals surface area contributed by atoms with E-state index in [2.05, 4.69) is 0 Å². The molecule has 0 bridgehead atoms. The molecule has 2 rings (SSSR count). The highest BCUT2D eigenvalue weighted by Crippen LogP contribution is 2.63. The summed E-state index contributed by atoms with van der Waals surface area (Å²) in [4.78, 5) is 0. The van der Waals surface area contributed by atoms with Crippen LogP contribution in [0.2, 0.25) is 0 Å². The molecule has 2 aliphatic carbocycles. The van der Waals surface area contributed by atoms with Gasteiger partial charge in [0.05, 0.1) is 0 Å². The third-order valence-electron chi connectivity index (χ3n) is 2.57. The Kier molecular flexibility index (Phi) is 2.21. The Labute approximate surface area is 68.9 Å². The van der Waals surface area contributed by atoms with Crippen molar-refractivity contribution in [3.63, 3.8) is 0 Å². The second kappa shape index (κ2) is 2.99. The summed E-state index contributed by atoms with van der Waals surface area (Å²) in [5, 5.41) is 0. The molecule has 0 saturated heterocycles. The van der Waals surface area contributed by atoms with Crippen molar-refractivity contribution >= 4 is 18.5 Å². The predicted molar refractivity (Wildman–Crippen MR) is 48.1 cm³/mol. The molecule has 0 aliphatic heterocycles. The molecule has 1 unspecified atom stereocenters. The first kappa shape index (κ1) is 7.37. The molecule has 0 aromatic carbocycles. The van der Waals surface area contributed by atoms with E-state index in [0.717, 1.165) is 11.3 Å². The zero-order valence-electron chi connectivity index (χ0n) is 6.22. The second-order valence-electron chi connectivity index (χ2n) is 3.51. The molecular formula is C8H14ClP. The summed E-state index contributed by atoms with van der Waals surface area (Å²) in [7, 11) is -0.0574. The number of hydrogen-bond acceptors (Lipinski definition) is 0. The van der Waals surface area contributed by atoms with Gasteiger partial charge in [0.1, 0.15) is 0 Å². The highest BCUT2D eigenvalue weighted by Gasteiger charge is 2.35. The van der Waals surface area contributed by atoms with Crippen LogP contribution in [0, 0.1) is 0 Å². The largest absolute Gasteiger partial charge is 0.0958 e. The van der Waals surface area contributed by atoms with E-state index in [4.69, 9.17) is 11.2 Å². The quantitative estimate of drug-likeness (QED) is 0.563. The average Bonchev–Trinajstić information content (AvgIpc) is 2.65. The standard InChI is InChI=1S/C8H14ClP/c9-10(8-5-6-8)7-3-1-2-4-7/h7-8H,1-6H2. The summed E-state index contributed by atoms with van der Waals surface area (Å²) in [5.41, 5.74) is 1.92. The normalized spacial score (nSPS) is 30.9. The lowest BCUT2D eigenvalue weighted by Gasteiger charge is -2.15. The molecule has 2 fully saturated rings. The molecular weight excluding hydrogens is 163 g/mol. The number of hydrogen-bond donors (Lipinski definition) is 0. The molecule has 0 nitrogen and oxygen atoms in total. The molecule has 0 spiro atoms. The Balaban J connectivity index is 1.84. The zero-order chi connectivity index (χ0) is 6.97. The van der Waals surface area contributed by atoms with Gasteiger partial charge in [0.2, 0.25) is 0 Å². The first-order chi connectivity index (χ1) is 4.88. The third-order valence-corrected chi connectivity index (χ3v) is 6.65. The second-order valence-corrected chi connectivity index (χ2v) is 6.83. The molecule has 0 aromatic rings. The van der Waals surface area contributed by atoms with Gasteiger partial charge in [0, 0.05) is 0 Å². The number of rotatable bonds is 2. The van der Waals surface area contributed by atoms with Gasteiger partial charge in [-0.25, -0.2) is 0 Å². The van der Waals surface area contributed by atoms with Crippen LogP contribution in [0.4, 0.5) is 0 Å². The van der Waals surface area contributed by atoms with Crippen LogP contribution >= 0.6 is 18.5 Å². The van der Waals surface area contributed by atoms with E-state index >= 15 is 0 Å². The van der Waals surface area contributed by atoms with Gasteiger partial charge < -0.3 is 0 Å². The molecule has 0 heterocycles. The molecule has 0 radical (unpaired) electrons. The van der Waals surface area contributed by atoms with Gasteiger partial charge in [0.25, 0.3) is 0 Å². The van der Waals surface area contributed by atoms with Crippen LogP contribution in [-0.2, 0) is 0 Å². The van der Waals surface area contributed by atoms with E-state index in [9.17, 15) is 0 Å². The molecule has 0 aromatic heterocycles. The molecule has 10 heavy (non-hydrogen) atoms. The van der Waals surface area contributed by atoms with Crippen molar-refractivity contribution in [3.05, 3.63) is 0 Å². The summed E-state index contributed by atoms with van der Waals surface area (Å²) >= 11 is 6.35. The lowest BCUT2D eigenvalue weighted by molar-refractivity contribution is 0.886. The highest BCUT2D eigenvalue weighted by atomic mass is 35.7. The van der Waals surface area contributed by atoms with E-state index in [0.29, 0.717) is 0 Å². The average molecular weight is 177 g/mol. The summed E-state index contributed by atoms with van der Waals surface area (Å²) in [5.74, 6) is 0. The first-order valence-corrected chi connectivity index (χ1v) is 6.70. The minimum atomic E-state index is -0.0574. The summed E-state index contributed by atoms with van der Waals surface area (Å²) in [6.07, 6.45) is 8.64. The van der Waals surface area contributed by atoms with Gasteiger partial charge in [0.15, 0.2) is 0 Å². The van der Waals surface area contributed by atoms with Gasteiger partial charge in [-0.05, 0) is 44.3 Å². The fourth-order valence-corrected chi connectivity index (χ4v) is 5.04. The summed E-state index contributed by atoms with van der Waals surface area (Å²) < 4.78 is 0. The Hall–Kier alpha value is 0.720. The summed E-state index contributed by atoms with van der Waals surface area (Å²) in [6.45, 7) is 0. The maximum absolute atomic E-state index is 6.35. The van der Waals surface area contributed by atoms with Crippen LogP contribution in [0.5, 0.6) is 0 Å². The maximum atomic E-state index is 6.35. The lowest BCUT2D eigenvalue weighted by atomic mass is 10.4. The van der Waals surface area contributed by atoms with Crippen molar-refractivity contribution in [1.29, 1.82) is 0 Å². The minimum absolute atomic E-state index is 0.0574. The van der Waals surface area contributed by atoms with E-state index in [1.165, 1.54) is 38.5 Å². The van der Waals surface area contributed by atoms with Crippen molar-refractivity contribution in [1.82, 2.24) is 0 Å². The Morgan fingerprint density at radius 2 is 1.40 bits per heavy atom. The van der Waals surface area contributed by atoms with Gasteiger partial charge in [-0.3, -0.25) is 0 Å². The molecule has 0 N–H and O–H groups in total. The highest BCUT2D eigenvalue weighted by molar-refractivity contribution is 7.85. The third kappa shape index (κ3) is 1.48. The molecule has 2 aliphatic rings. The lowest BCUT2D eigenvalue weighted by Crippen LogP contribution is -1.96. The number of halogens is 1. The van der Waals surface area contributed by atoms with Crippen molar-refractivity contribution in [2.75, 3.05) is 0 Å². The van der Waals surface area contributed by atoms with E-state index < -0.39 is 0 Å². The molecule has 2 saturated carbocycles. The molecule has 58 valence electrons. The van der Waals surface area contributed by atoms with Crippen LogP contribution in [0.15, 0.2) is 0 Å². The smallest absolute Gasteiger partial charge is 0.00339 e. The summed E-state index contributed by atoms with van der Waals surface area (Å²) in [6, 6.07) is 0. The van der Waals surface area contributed by atoms with E-state index in [1.807, 2.05) is 0 Å². The van der Waals surface area contributed by atoms with Crippen LogP contribution in [-0.4, -0.2) is 11.3 Å². The van der Waals surface area contributed by atoms with Crippen LogP contribution in [0.25, 0.3) is 0 Å². The van der Waals surface area contributed by atoms with Gasteiger partial charge in [-0.2, -0.15) is 0 Å². The van der Waals surface area contributed by atoms with Crippen molar-refractivity contribution in [2.24, 2.45) is 0 Å². The molecule has 1 atom stereocenters. The Morgan fingerprint density at radius 3 is 1.90 bits per heavy atom. The van der Waals surface area contributed by atoms with E-state index in [-0.39, 0.29) is 7.27 Å². The zero-order valence-corrected chi connectivity index (χ0v) is 7.87. The molecule has 0 amide bonds.